The van der Waals surface area contributed by atoms with Crippen LogP contribution in [0.4, 0.5) is 5.69 Å². The average molecular weight is 272 g/mol. The van der Waals surface area contributed by atoms with Crippen molar-refractivity contribution in [2.45, 2.75) is 18.7 Å². The highest BCUT2D eigenvalue weighted by Crippen LogP contribution is 2.27. The molecule has 2 atom stereocenters. The van der Waals surface area contributed by atoms with Crippen molar-refractivity contribution in [1.82, 2.24) is 0 Å². The molecule has 0 aliphatic carbocycles. The number of nitrogens with zero attached hydrogens (tertiary/aromatic N) is 1. The van der Waals surface area contributed by atoms with Crippen LogP contribution < -0.4 is 10.5 Å². The van der Waals surface area contributed by atoms with Gasteiger partial charge in [-0.05, 0) is 18.6 Å². The molecule has 2 N–H and O–H groups in total. The number of nitrogens with two attached hydrogens (primary N) is 1. The topological polar surface area (TPSA) is 95.5 Å². The molecule has 0 heterocycles. The Labute approximate surface area is 108 Å². The van der Waals surface area contributed by atoms with E-state index in [1.807, 2.05) is 0 Å². The Morgan fingerprint density at radius 3 is 2.72 bits per heavy atom. The van der Waals surface area contributed by atoms with Gasteiger partial charge in [0, 0.05) is 34.4 Å². The Balaban J connectivity index is 2.88. The Hall–Kier alpha value is -1.47. The molecule has 0 aromatic heterocycles. The zero-order chi connectivity index (χ0) is 13.7. The molecule has 0 aliphatic heterocycles. The van der Waals surface area contributed by atoms with Crippen molar-refractivity contribution in [3.8, 4) is 5.75 Å². The summed E-state index contributed by atoms with van der Waals surface area (Å²) in [6.07, 6.45) is 0. The van der Waals surface area contributed by atoms with Crippen LogP contribution in [0.3, 0.4) is 0 Å². The van der Waals surface area contributed by atoms with Gasteiger partial charge in [0.2, 0.25) is 0 Å². The van der Waals surface area contributed by atoms with Crippen LogP contribution in [0, 0.1) is 10.1 Å². The summed E-state index contributed by atoms with van der Waals surface area (Å²) in [4.78, 5) is 10.3. The monoisotopic (exact) mass is 272 g/mol. The summed E-state index contributed by atoms with van der Waals surface area (Å²) < 4.78 is 16.6. The van der Waals surface area contributed by atoms with Crippen LogP contribution in [0.2, 0.25) is 0 Å². The van der Waals surface area contributed by atoms with Crippen molar-refractivity contribution in [2.24, 2.45) is 5.73 Å². The summed E-state index contributed by atoms with van der Waals surface area (Å²) >= 11 is 0. The van der Waals surface area contributed by atoms with Crippen LogP contribution in [-0.2, 0) is 16.6 Å². The van der Waals surface area contributed by atoms with Gasteiger partial charge in [-0.3, -0.25) is 14.3 Å². The van der Waals surface area contributed by atoms with Crippen LogP contribution >= 0.6 is 0 Å². The minimum Gasteiger partial charge on any atom is -0.490 e. The molecule has 1 rings (SSSR count). The summed E-state index contributed by atoms with van der Waals surface area (Å²) in [7, 11) is 0.252. The lowest BCUT2D eigenvalue weighted by molar-refractivity contribution is -0.385. The first-order valence-corrected chi connectivity index (χ1v) is 6.84. The molecule has 18 heavy (non-hydrogen) atoms. The van der Waals surface area contributed by atoms with E-state index in [2.05, 4.69) is 0 Å². The molecule has 0 amide bonds. The molecule has 0 bridgehead atoms. The first kappa shape index (κ1) is 14.6. The minimum atomic E-state index is -1.12. The van der Waals surface area contributed by atoms with E-state index in [4.69, 9.17) is 10.5 Å². The third-order valence-corrected chi connectivity index (χ3v) is 3.77. The molecule has 7 heteroatoms. The van der Waals surface area contributed by atoms with Gasteiger partial charge in [0.25, 0.3) is 0 Å². The fraction of sp³-hybridized carbons (Fsp3) is 0.455. The Morgan fingerprint density at radius 2 is 2.22 bits per heavy atom. The zero-order valence-electron chi connectivity index (χ0n) is 10.3. The van der Waals surface area contributed by atoms with Crippen LogP contribution in [0.25, 0.3) is 0 Å². The van der Waals surface area contributed by atoms with Crippen LogP contribution in [0.5, 0.6) is 5.75 Å². The molecule has 0 spiro atoms. The van der Waals surface area contributed by atoms with Crippen molar-refractivity contribution in [2.75, 3.05) is 12.9 Å². The maximum atomic E-state index is 11.7. The van der Waals surface area contributed by atoms with E-state index < -0.39 is 15.7 Å². The van der Waals surface area contributed by atoms with Crippen molar-refractivity contribution >= 4 is 16.5 Å². The predicted octanol–water partition coefficient (Wildman–Crippen LogP) is 1.20. The quantitative estimate of drug-likeness (QED) is 0.620. The molecule has 6 nitrogen and oxygen atoms in total. The first-order chi connectivity index (χ1) is 8.43. The lowest BCUT2D eigenvalue weighted by atomic mass is 10.2. The van der Waals surface area contributed by atoms with Gasteiger partial charge in [-0.15, -0.1) is 0 Å². The van der Waals surface area contributed by atoms with Crippen molar-refractivity contribution < 1.29 is 13.9 Å². The minimum absolute atomic E-state index is 0.118. The lowest BCUT2D eigenvalue weighted by Gasteiger charge is -2.07. The summed E-state index contributed by atoms with van der Waals surface area (Å²) in [6.45, 7) is 1.77. The number of nitro groups is 1. The molecular weight excluding hydrogens is 256 g/mol. The standard InChI is InChI=1S/C11H16N2O4S/c1-8(12)6-18(16)7-9-3-4-11(17-2)10(5-9)13(14)15/h3-5,8H,6-7,12H2,1-2H3. The Bertz CT molecular complexity index is 462. The van der Waals surface area contributed by atoms with Gasteiger partial charge in [0.15, 0.2) is 5.75 Å². The summed E-state index contributed by atoms with van der Waals surface area (Å²) in [5.74, 6) is 0.827. The van der Waals surface area contributed by atoms with E-state index in [9.17, 15) is 14.3 Å². The lowest BCUT2D eigenvalue weighted by Crippen LogP contribution is -2.23. The summed E-state index contributed by atoms with van der Waals surface area (Å²) in [5, 5.41) is 10.8. The maximum absolute atomic E-state index is 11.7. The third-order valence-electron chi connectivity index (χ3n) is 2.22. The fourth-order valence-corrected chi connectivity index (χ4v) is 2.76. The highest BCUT2D eigenvalue weighted by Gasteiger charge is 2.16. The van der Waals surface area contributed by atoms with Crippen molar-refractivity contribution in [3.63, 3.8) is 0 Å². The first-order valence-electron chi connectivity index (χ1n) is 5.36. The van der Waals surface area contributed by atoms with Gasteiger partial charge in [-0.2, -0.15) is 0 Å². The van der Waals surface area contributed by atoms with Gasteiger partial charge in [0.05, 0.1) is 12.0 Å². The van der Waals surface area contributed by atoms with E-state index in [-0.39, 0.29) is 23.2 Å². The third kappa shape index (κ3) is 4.08. The number of ether oxygens (including phenoxy) is 1. The van der Waals surface area contributed by atoms with Gasteiger partial charge < -0.3 is 10.5 Å². The van der Waals surface area contributed by atoms with Gasteiger partial charge in [0.1, 0.15) is 0 Å². The summed E-state index contributed by atoms with van der Waals surface area (Å²) in [6, 6.07) is 4.42. The molecule has 0 radical (unpaired) electrons. The number of benzene rings is 1. The summed E-state index contributed by atoms with van der Waals surface area (Å²) in [5.41, 5.74) is 6.07. The second-order valence-corrected chi connectivity index (χ2v) is 5.49. The molecule has 0 fully saturated rings. The maximum Gasteiger partial charge on any atom is 0.311 e. The van der Waals surface area contributed by atoms with E-state index in [1.165, 1.54) is 19.2 Å². The smallest absolute Gasteiger partial charge is 0.311 e. The SMILES string of the molecule is COc1ccc(CS(=O)CC(C)N)cc1[N+](=O)[O-]. The molecule has 0 saturated heterocycles. The average Bonchev–Trinajstić information content (AvgIpc) is 2.27. The molecule has 0 saturated carbocycles. The molecule has 100 valence electrons. The number of rotatable bonds is 6. The van der Waals surface area contributed by atoms with Crippen molar-refractivity contribution in [1.29, 1.82) is 0 Å². The van der Waals surface area contributed by atoms with Gasteiger partial charge >= 0.3 is 5.69 Å². The van der Waals surface area contributed by atoms with E-state index in [1.54, 1.807) is 13.0 Å². The van der Waals surface area contributed by atoms with E-state index in [0.717, 1.165) is 0 Å². The van der Waals surface area contributed by atoms with Gasteiger partial charge in [-0.25, -0.2) is 0 Å². The van der Waals surface area contributed by atoms with Crippen LogP contribution in [0.15, 0.2) is 18.2 Å². The molecule has 1 aromatic rings. The number of hydrogen-bond donors (Lipinski definition) is 1. The second kappa shape index (κ2) is 6.46. The normalized spacial score (nSPS) is 13.9. The molecule has 1 aromatic carbocycles. The molecule has 2 unspecified atom stereocenters. The van der Waals surface area contributed by atoms with E-state index in [0.29, 0.717) is 11.3 Å². The highest BCUT2D eigenvalue weighted by molar-refractivity contribution is 7.84. The largest absolute Gasteiger partial charge is 0.490 e. The number of nitro benzene ring substituents is 1. The fourth-order valence-electron chi connectivity index (χ4n) is 1.51. The number of methoxy groups -OCH3 is 1. The zero-order valence-corrected chi connectivity index (χ0v) is 11.1. The Morgan fingerprint density at radius 1 is 1.56 bits per heavy atom. The second-order valence-electron chi connectivity index (χ2n) is 3.99. The highest BCUT2D eigenvalue weighted by atomic mass is 32.2. The van der Waals surface area contributed by atoms with Gasteiger partial charge in [-0.1, -0.05) is 6.07 Å². The van der Waals surface area contributed by atoms with Crippen LogP contribution in [0.1, 0.15) is 12.5 Å². The molecule has 0 aliphatic rings. The van der Waals surface area contributed by atoms with E-state index >= 15 is 0 Å². The number of hydrogen-bond acceptors (Lipinski definition) is 5. The molecular formula is C11H16N2O4S. The van der Waals surface area contributed by atoms with Crippen molar-refractivity contribution in [3.05, 3.63) is 33.9 Å². The predicted molar refractivity (Wildman–Crippen MR) is 70.0 cm³/mol. The Kier molecular flexibility index (Phi) is 5.24. The van der Waals surface area contributed by atoms with Crippen LogP contribution in [-0.4, -0.2) is 28.0 Å².